The van der Waals surface area contributed by atoms with E-state index in [0.29, 0.717) is 23.1 Å². The molecular weight excluding hydrogens is 352 g/mol. The summed E-state index contributed by atoms with van der Waals surface area (Å²) in [4.78, 5) is 26.1. The van der Waals surface area contributed by atoms with Crippen LogP contribution < -0.4 is 5.32 Å². The molecule has 5 rings (SSSR count). The molecule has 28 heavy (non-hydrogen) atoms. The number of carbonyl (C=O) groups excluding carboxylic acids is 1. The lowest BCUT2D eigenvalue weighted by Gasteiger charge is -2.11. The fourth-order valence-electron chi connectivity index (χ4n) is 3.31. The van der Waals surface area contributed by atoms with Crippen molar-refractivity contribution in [3.8, 4) is 11.3 Å². The maximum absolute atomic E-state index is 11.9. The molecule has 6 heteroatoms. The molecule has 2 aromatic carbocycles. The number of benzene rings is 2. The molecule has 0 bridgehead atoms. The molecule has 6 nitrogen and oxygen atoms in total. The molecule has 2 aromatic heterocycles. The van der Waals surface area contributed by atoms with Crippen molar-refractivity contribution in [2.45, 2.75) is 18.9 Å². The Hall–Kier alpha value is -3.54. The van der Waals surface area contributed by atoms with E-state index in [0.717, 1.165) is 40.4 Å². The van der Waals surface area contributed by atoms with E-state index < -0.39 is 0 Å². The predicted molar refractivity (Wildman–Crippen MR) is 108 cm³/mol. The van der Waals surface area contributed by atoms with Gasteiger partial charge in [-0.2, -0.15) is 0 Å². The SMILES string of the molecule is COC(=O)c1ccc2c(c1)nc(-c1ccccc1)c1nc(NC3CC3)ncc12. The number of anilines is 1. The first-order chi connectivity index (χ1) is 13.7. The van der Waals surface area contributed by atoms with E-state index >= 15 is 0 Å². The van der Waals surface area contributed by atoms with E-state index in [2.05, 4.69) is 10.3 Å². The fraction of sp³-hybridized carbons (Fsp3) is 0.182. The number of pyridine rings is 1. The molecule has 0 saturated heterocycles. The van der Waals surface area contributed by atoms with Crippen LogP contribution in [-0.4, -0.2) is 34.1 Å². The van der Waals surface area contributed by atoms with Crippen molar-refractivity contribution in [2.24, 2.45) is 0 Å². The summed E-state index contributed by atoms with van der Waals surface area (Å²) in [7, 11) is 1.37. The van der Waals surface area contributed by atoms with Crippen molar-refractivity contribution in [1.82, 2.24) is 15.0 Å². The average Bonchev–Trinajstić information content (AvgIpc) is 3.56. The number of hydrogen-bond donors (Lipinski definition) is 1. The number of fused-ring (bicyclic) bond motifs is 3. The number of ether oxygens (including phenoxy) is 1. The van der Waals surface area contributed by atoms with Crippen molar-refractivity contribution in [2.75, 3.05) is 12.4 Å². The van der Waals surface area contributed by atoms with Gasteiger partial charge in [0.2, 0.25) is 5.95 Å². The molecule has 138 valence electrons. The summed E-state index contributed by atoms with van der Waals surface area (Å²) in [5.74, 6) is 0.241. The molecule has 2 heterocycles. The lowest BCUT2D eigenvalue weighted by molar-refractivity contribution is 0.0601. The third kappa shape index (κ3) is 2.93. The largest absolute Gasteiger partial charge is 0.465 e. The summed E-state index contributed by atoms with van der Waals surface area (Å²) >= 11 is 0. The van der Waals surface area contributed by atoms with Crippen LogP contribution in [0.5, 0.6) is 0 Å². The average molecular weight is 370 g/mol. The summed E-state index contributed by atoms with van der Waals surface area (Å²) in [5.41, 5.74) is 3.71. The molecule has 1 N–H and O–H groups in total. The van der Waals surface area contributed by atoms with E-state index in [1.807, 2.05) is 42.6 Å². The van der Waals surface area contributed by atoms with Gasteiger partial charge >= 0.3 is 5.97 Å². The Bertz CT molecular complexity index is 1200. The minimum Gasteiger partial charge on any atom is -0.465 e. The van der Waals surface area contributed by atoms with Crippen LogP contribution in [0.1, 0.15) is 23.2 Å². The number of rotatable bonds is 4. The van der Waals surface area contributed by atoms with Crippen molar-refractivity contribution in [3.05, 3.63) is 60.3 Å². The molecule has 0 spiro atoms. The van der Waals surface area contributed by atoms with Gasteiger partial charge in [-0.15, -0.1) is 0 Å². The lowest BCUT2D eigenvalue weighted by atomic mass is 10.0. The Labute approximate surface area is 161 Å². The Morgan fingerprint density at radius 2 is 1.89 bits per heavy atom. The van der Waals surface area contributed by atoms with Crippen LogP contribution in [-0.2, 0) is 4.74 Å². The Kier molecular flexibility index (Phi) is 3.90. The van der Waals surface area contributed by atoms with Gasteiger partial charge in [0.05, 0.1) is 23.9 Å². The normalized spacial score (nSPS) is 13.6. The molecule has 0 unspecified atom stereocenters. The molecule has 0 radical (unpaired) electrons. The maximum Gasteiger partial charge on any atom is 0.337 e. The third-order valence-corrected chi connectivity index (χ3v) is 4.91. The number of nitrogens with one attached hydrogen (secondary N) is 1. The van der Waals surface area contributed by atoms with Crippen LogP contribution in [0.15, 0.2) is 54.7 Å². The highest BCUT2D eigenvalue weighted by Crippen LogP contribution is 2.32. The second-order valence-corrected chi connectivity index (χ2v) is 6.92. The first kappa shape index (κ1) is 16.6. The number of esters is 1. The zero-order chi connectivity index (χ0) is 19.1. The molecule has 0 amide bonds. The monoisotopic (exact) mass is 370 g/mol. The summed E-state index contributed by atoms with van der Waals surface area (Å²) in [6, 6.07) is 15.8. The van der Waals surface area contributed by atoms with E-state index in [4.69, 9.17) is 14.7 Å². The zero-order valence-corrected chi connectivity index (χ0v) is 15.3. The van der Waals surface area contributed by atoms with E-state index in [9.17, 15) is 4.79 Å². The number of methoxy groups -OCH3 is 1. The van der Waals surface area contributed by atoms with Crippen LogP contribution in [0, 0.1) is 0 Å². The Balaban J connectivity index is 1.78. The smallest absolute Gasteiger partial charge is 0.337 e. The number of aromatic nitrogens is 3. The van der Waals surface area contributed by atoms with Gasteiger partial charge in [0.1, 0.15) is 5.52 Å². The van der Waals surface area contributed by atoms with Gasteiger partial charge in [-0.05, 0) is 25.0 Å². The molecule has 0 aliphatic heterocycles. The van der Waals surface area contributed by atoms with E-state index in [1.54, 1.807) is 12.1 Å². The molecule has 1 fully saturated rings. The molecule has 1 aliphatic carbocycles. The van der Waals surface area contributed by atoms with Crippen molar-refractivity contribution in [1.29, 1.82) is 0 Å². The standard InChI is InChI=1S/C22H18N4O2/c1-28-21(27)14-7-10-16-17-12-23-22(24-15-8-9-15)26-20(17)19(25-18(16)11-14)13-5-3-2-4-6-13/h2-7,10-12,15H,8-9H2,1H3,(H,23,24,26). The predicted octanol–water partition coefficient (Wildman–Crippen LogP) is 4.21. The molecular formula is C22H18N4O2. The van der Waals surface area contributed by atoms with Gasteiger partial charge in [0.25, 0.3) is 0 Å². The van der Waals surface area contributed by atoms with Crippen molar-refractivity contribution in [3.63, 3.8) is 0 Å². The number of hydrogen-bond acceptors (Lipinski definition) is 6. The summed E-state index contributed by atoms with van der Waals surface area (Å²) in [5, 5.41) is 5.16. The second kappa shape index (κ2) is 6.56. The van der Waals surface area contributed by atoms with Crippen LogP contribution >= 0.6 is 0 Å². The van der Waals surface area contributed by atoms with Crippen LogP contribution in [0.2, 0.25) is 0 Å². The first-order valence-electron chi connectivity index (χ1n) is 9.24. The van der Waals surface area contributed by atoms with E-state index in [1.165, 1.54) is 7.11 Å². The fourth-order valence-corrected chi connectivity index (χ4v) is 3.31. The maximum atomic E-state index is 11.9. The summed E-state index contributed by atoms with van der Waals surface area (Å²) < 4.78 is 4.85. The van der Waals surface area contributed by atoms with E-state index in [-0.39, 0.29) is 5.97 Å². The van der Waals surface area contributed by atoms with Gasteiger partial charge < -0.3 is 10.1 Å². The molecule has 1 aliphatic rings. The molecule has 1 saturated carbocycles. The van der Waals surface area contributed by atoms with Gasteiger partial charge in [0, 0.05) is 28.6 Å². The molecule has 0 atom stereocenters. The third-order valence-electron chi connectivity index (χ3n) is 4.91. The first-order valence-corrected chi connectivity index (χ1v) is 9.24. The highest BCUT2D eigenvalue weighted by molar-refractivity contribution is 6.10. The van der Waals surface area contributed by atoms with Gasteiger partial charge in [-0.3, -0.25) is 0 Å². The van der Waals surface area contributed by atoms with Gasteiger partial charge in [-0.25, -0.2) is 19.7 Å². The lowest BCUT2D eigenvalue weighted by Crippen LogP contribution is -2.06. The van der Waals surface area contributed by atoms with Crippen LogP contribution in [0.4, 0.5) is 5.95 Å². The minimum absolute atomic E-state index is 0.384. The summed E-state index contributed by atoms with van der Waals surface area (Å²) in [6.07, 6.45) is 4.14. The van der Waals surface area contributed by atoms with Crippen LogP contribution in [0.3, 0.4) is 0 Å². The van der Waals surface area contributed by atoms with Gasteiger partial charge in [-0.1, -0.05) is 36.4 Å². The number of nitrogens with zero attached hydrogens (tertiary/aromatic N) is 3. The number of carbonyl (C=O) groups is 1. The molecule has 4 aromatic rings. The van der Waals surface area contributed by atoms with Crippen LogP contribution in [0.25, 0.3) is 33.1 Å². The Morgan fingerprint density at radius 1 is 1.07 bits per heavy atom. The van der Waals surface area contributed by atoms with Crippen molar-refractivity contribution < 1.29 is 9.53 Å². The summed E-state index contributed by atoms with van der Waals surface area (Å²) in [6.45, 7) is 0. The highest BCUT2D eigenvalue weighted by Gasteiger charge is 2.22. The minimum atomic E-state index is -0.384. The Morgan fingerprint density at radius 3 is 2.64 bits per heavy atom. The second-order valence-electron chi connectivity index (χ2n) is 6.92. The van der Waals surface area contributed by atoms with Crippen molar-refractivity contribution >= 4 is 33.7 Å². The van der Waals surface area contributed by atoms with Gasteiger partial charge in [0.15, 0.2) is 0 Å². The highest BCUT2D eigenvalue weighted by atomic mass is 16.5. The topological polar surface area (TPSA) is 77.0 Å². The quantitative estimate of drug-likeness (QED) is 0.428. The zero-order valence-electron chi connectivity index (χ0n) is 15.3.